The van der Waals surface area contributed by atoms with Crippen molar-refractivity contribution < 1.29 is 18.9 Å². The molecule has 2 amide bonds. The number of urea groups is 1. The molecule has 1 aliphatic rings. The summed E-state index contributed by atoms with van der Waals surface area (Å²) in [6, 6.07) is 4.52. The maximum atomic E-state index is 12.0. The average molecular weight is 296 g/mol. The molecule has 1 aromatic rings. The molecule has 0 spiro atoms. The standard InChI is InChI=1S/C13H16N2O4S/c1-20(19)7-5-14-13(18)15-6-4-9-2-3-10(12(16)17)8-11(9)15/h2-3,8H,4-7H2,1H3,(H,14,18)(H,16,17). The number of carbonyl (C=O) groups is 2. The van der Waals surface area contributed by atoms with Crippen LogP contribution in [0.25, 0.3) is 0 Å². The van der Waals surface area contributed by atoms with Crippen molar-refractivity contribution in [2.45, 2.75) is 6.42 Å². The van der Waals surface area contributed by atoms with Crippen molar-refractivity contribution in [2.24, 2.45) is 0 Å². The van der Waals surface area contributed by atoms with E-state index in [1.807, 2.05) is 0 Å². The van der Waals surface area contributed by atoms with Gasteiger partial charge in [-0.2, -0.15) is 0 Å². The maximum Gasteiger partial charge on any atom is 0.335 e. The molecule has 0 saturated carbocycles. The molecule has 1 unspecified atom stereocenters. The van der Waals surface area contributed by atoms with Crippen molar-refractivity contribution in [3.8, 4) is 0 Å². The molecule has 0 saturated heterocycles. The SMILES string of the molecule is CS(=O)CCNC(=O)N1CCc2ccc(C(=O)O)cc21. The number of carboxylic acids is 1. The van der Waals surface area contributed by atoms with Crippen LogP contribution in [0.3, 0.4) is 0 Å². The molecular formula is C13H16N2O4S. The van der Waals surface area contributed by atoms with Gasteiger partial charge >= 0.3 is 12.0 Å². The van der Waals surface area contributed by atoms with E-state index in [2.05, 4.69) is 5.32 Å². The zero-order chi connectivity index (χ0) is 14.7. The van der Waals surface area contributed by atoms with Gasteiger partial charge in [0, 0.05) is 41.6 Å². The molecule has 0 aliphatic carbocycles. The van der Waals surface area contributed by atoms with Gasteiger partial charge in [0.1, 0.15) is 0 Å². The van der Waals surface area contributed by atoms with Gasteiger partial charge in [0.05, 0.1) is 5.56 Å². The predicted octanol–water partition coefficient (Wildman–Crippen LogP) is 0.835. The van der Waals surface area contributed by atoms with Crippen molar-refractivity contribution in [1.29, 1.82) is 0 Å². The van der Waals surface area contributed by atoms with Crippen LogP contribution in [0.15, 0.2) is 18.2 Å². The minimum Gasteiger partial charge on any atom is -0.478 e. The summed E-state index contributed by atoms with van der Waals surface area (Å²) in [7, 11) is -0.949. The van der Waals surface area contributed by atoms with E-state index >= 15 is 0 Å². The molecule has 0 aromatic heterocycles. The Bertz CT molecular complexity index is 573. The van der Waals surface area contributed by atoms with Crippen LogP contribution in [0.4, 0.5) is 10.5 Å². The van der Waals surface area contributed by atoms with Crippen LogP contribution in [-0.2, 0) is 17.2 Å². The second-order valence-corrected chi connectivity index (χ2v) is 6.11. The Kier molecular flexibility index (Phi) is 4.39. The number of nitrogens with zero attached hydrogens (tertiary/aromatic N) is 1. The van der Waals surface area contributed by atoms with Crippen molar-refractivity contribution in [3.63, 3.8) is 0 Å². The fraction of sp³-hybridized carbons (Fsp3) is 0.385. The molecule has 2 rings (SSSR count). The molecule has 1 aliphatic heterocycles. The summed E-state index contributed by atoms with van der Waals surface area (Å²) in [5, 5.41) is 11.7. The molecule has 2 N–H and O–H groups in total. The number of hydrogen-bond acceptors (Lipinski definition) is 3. The number of nitrogens with one attached hydrogen (secondary N) is 1. The highest BCUT2D eigenvalue weighted by Crippen LogP contribution is 2.29. The quantitative estimate of drug-likeness (QED) is 0.862. The lowest BCUT2D eigenvalue weighted by Gasteiger charge is -2.18. The average Bonchev–Trinajstić information content (AvgIpc) is 2.80. The first-order valence-electron chi connectivity index (χ1n) is 6.20. The van der Waals surface area contributed by atoms with E-state index in [4.69, 9.17) is 5.11 Å². The Labute approximate surface area is 119 Å². The second kappa shape index (κ2) is 6.04. The number of benzene rings is 1. The van der Waals surface area contributed by atoms with Gasteiger partial charge in [-0.1, -0.05) is 6.07 Å². The van der Waals surface area contributed by atoms with Gasteiger partial charge in [-0.05, 0) is 24.1 Å². The molecule has 0 bridgehead atoms. The summed E-state index contributed by atoms with van der Waals surface area (Å²) in [6.45, 7) is 0.867. The summed E-state index contributed by atoms with van der Waals surface area (Å²) in [5.41, 5.74) is 1.77. The Morgan fingerprint density at radius 3 is 2.85 bits per heavy atom. The van der Waals surface area contributed by atoms with Crippen LogP contribution >= 0.6 is 0 Å². The summed E-state index contributed by atoms with van der Waals surface area (Å²) < 4.78 is 10.9. The third kappa shape index (κ3) is 3.16. The van der Waals surface area contributed by atoms with Crippen molar-refractivity contribution in [1.82, 2.24) is 5.32 Å². The highest BCUT2D eigenvalue weighted by Gasteiger charge is 2.25. The number of rotatable bonds is 4. The monoisotopic (exact) mass is 296 g/mol. The molecule has 0 radical (unpaired) electrons. The van der Waals surface area contributed by atoms with E-state index < -0.39 is 16.8 Å². The number of carboxylic acid groups (broad SMARTS) is 1. The van der Waals surface area contributed by atoms with Gasteiger partial charge in [-0.25, -0.2) is 9.59 Å². The highest BCUT2D eigenvalue weighted by atomic mass is 32.2. The third-order valence-electron chi connectivity index (χ3n) is 3.14. The van der Waals surface area contributed by atoms with E-state index in [1.165, 1.54) is 11.0 Å². The fourth-order valence-electron chi connectivity index (χ4n) is 2.12. The molecule has 0 fully saturated rings. The van der Waals surface area contributed by atoms with E-state index in [0.717, 1.165) is 5.56 Å². The van der Waals surface area contributed by atoms with Crippen LogP contribution in [-0.4, -0.2) is 46.4 Å². The van der Waals surface area contributed by atoms with Gasteiger partial charge in [-0.15, -0.1) is 0 Å². The third-order valence-corrected chi connectivity index (χ3v) is 3.92. The Hall–Kier alpha value is -1.89. The number of carbonyl (C=O) groups excluding carboxylic acids is 1. The summed E-state index contributed by atoms with van der Waals surface area (Å²) in [6.07, 6.45) is 2.29. The normalized spacial score (nSPS) is 14.8. The number of hydrogen-bond donors (Lipinski definition) is 2. The lowest BCUT2D eigenvalue weighted by atomic mass is 10.1. The minimum absolute atomic E-state index is 0.165. The van der Waals surface area contributed by atoms with Crippen LogP contribution in [0.1, 0.15) is 15.9 Å². The number of aromatic carboxylic acids is 1. The lowest BCUT2D eigenvalue weighted by molar-refractivity contribution is 0.0697. The zero-order valence-corrected chi connectivity index (χ0v) is 11.9. The van der Waals surface area contributed by atoms with Crippen molar-refractivity contribution >= 4 is 28.5 Å². The molecule has 1 heterocycles. The minimum atomic E-state index is -1.01. The van der Waals surface area contributed by atoms with E-state index in [0.29, 0.717) is 31.0 Å². The first-order chi connectivity index (χ1) is 9.49. The van der Waals surface area contributed by atoms with Gasteiger partial charge in [0.15, 0.2) is 0 Å². The Morgan fingerprint density at radius 2 is 2.20 bits per heavy atom. The van der Waals surface area contributed by atoms with Crippen molar-refractivity contribution in [3.05, 3.63) is 29.3 Å². The van der Waals surface area contributed by atoms with E-state index in [-0.39, 0.29) is 11.6 Å². The lowest BCUT2D eigenvalue weighted by Crippen LogP contribution is -2.40. The number of fused-ring (bicyclic) bond motifs is 1. The molecular weight excluding hydrogens is 280 g/mol. The van der Waals surface area contributed by atoms with Crippen LogP contribution in [0, 0.1) is 0 Å². The first-order valence-corrected chi connectivity index (χ1v) is 7.93. The molecule has 7 heteroatoms. The smallest absolute Gasteiger partial charge is 0.335 e. The second-order valence-electron chi connectivity index (χ2n) is 4.56. The largest absolute Gasteiger partial charge is 0.478 e. The van der Waals surface area contributed by atoms with Crippen LogP contribution < -0.4 is 10.2 Å². The molecule has 108 valence electrons. The molecule has 20 heavy (non-hydrogen) atoms. The topological polar surface area (TPSA) is 86.7 Å². The van der Waals surface area contributed by atoms with E-state index in [9.17, 15) is 13.8 Å². The highest BCUT2D eigenvalue weighted by molar-refractivity contribution is 7.84. The van der Waals surface area contributed by atoms with Crippen LogP contribution in [0.2, 0.25) is 0 Å². The Balaban J connectivity index is 2.10. The van der Waals surface area contributed by atoms with E-state index in [1.54, 1.807) is 18.4 Å². The van der Waals surface area contributed by atoms with Gasteiger partial charge in [0.2, 0.25) is 0 Å². The molecule has 1 atom stereocenters. The van der Waals surface area contributed by atoms with Crippen molar-refractivity contribution in [2.75, 3.05) is 30.0 Å². The Morgan fingerprint density at radius 1 is 1.45 bits per heavy atom. The van der Waals surface area contributed by atoms with Gasteiger partial charge in [-0.3, -0.25) is 9.11 Å². The number of amides is 2. The predicted molar refractivity (Wildman–Crippen MR) is 76.8 cm³/mol. The summed E-state index contributed by atoms with van der Waals surface area (Å²) >= 11 is 0. The van der Waals surface area contributed by atoms with Gasteiger partial charge in [0.25, 0.3) is 0 Å². The van der Waals surface area contributed by atoms with Crippen LogP contribution in [0.5, 0.6) is 0 Å². The van der Waals surface area contributed by atoms with Gasteiger partial charge < -0.3 is 10.4 Å². The molecule has 6 nitrogen and oxygen atoms in total. The zero-order valence-electron chi connectivity index (χ0n) is 11.1. The summed E-state index contributed by atoms with van der Waals surface area (Å²) in [5.74, 6) is -0.608. The molecule has 1 aromatic carbocycles. The summed E-state index contributed by atoms with van der Waals surface area (Å²) in [4.78, 5) is 24.5. The maximum absolute atomic E-state index is 12.0. The first kappa shape index (κ1) is 14.5. The fourth-order valence-corrected chi connectivity index (χ4v) is 2.51. The number of anilines is 1.